The van der Waals surface area contributed by atoms with E-state index in [2.05, 4.69) is 21.2 Å². The zero-order chi connectivity index (χ0) is 14.9. The molecule has 1 heterocycles. The van der Waals surface area contributed by atoms with Crippen LogP contribution < -0.4 is 10.1 Å². The van der Waals surface area contributed by atoms with Crippen molar-refractivity contribution in [3.63, 3.8) is 0 Å². The third-order valence-corrected chi connectivity index (χ3v) is 4.99. The second kappa shape index (κ2) is 6.62. The molecule has 0 spiro atoms. The summed E-state index contributed by atoms with van der Waals surface area (Å²) in [5.41, 5.74) is 1.61. The second-order valence-electron chi connectivity index (χ2n) is 4.01. The first-order valence-corrected chi connectivity index (χ1v) is 7.99. The van der Waals surface area contributed by atoms with Crippen LogP contribution in [0.15, 0.2) is 22.7 Å². The molecule has 7 heteroatoms. The molecule has 0 aliphatic heterocycles. The van der Waals surface area contributed by atoms with Crippen LogP contribution >= 0.6 is 50.5 Å². The predicted octanol–water partition coefficient (Wildman–Crippen LogP) is 5.27. The van der Waals surface area contributed by atoms with Gasteiger partial charge in [0.25, 0.3) is 0 Å². The van der Waals surface area contributed by atoms with E-state index in [0.717, 1.165) is 11.1 Å². The lowest BCUT2D eigenvalue weighted by Crippen LogP contribution is -2.18. The van der Waals surface area contributed by atoms with Crippen molar-refractivity contribution in [2.45, 2.75) is 6.04 Å². The van der Waals surface area contributed by atoms with Crippen molar-refractivity contribution in [1.29, 1.82) is 0 Å². The molecule has 0 amide bonds. The number of hydrogen-bond donors (Lipinski definition) is 1. The summed E-state index contributed by atoms with van der Waals surface area (Å²) in [7, 11) is 3.30. The molecule has 1 unspecified atom stereocenters. The van der Waals surface area contributed by atoms with E-state index < -0.39 is 0 Å². The maximum absolute atomic E-state index is 13.6. The Labute approximate surface area is 139 Å². The number of benzene rings is 1. The van der Waals surface area contributed by atoms with Crippen LogP contribution in [0.5, 0.6) is 5.75 Å². The van der Waals surface area contributed by atoms with E-state index in [9.17, 15) is 4.39 Å². The number of methoxy groups -OCH3 is 1. The van der Waals surface area contributed by atoms with Crippen LogP contribution in [0.3, 0.4) is 0 Å². The number of thiophene rings is 1. The number of halogens is 4. The van der Waals surface area contributed by atoms with Gasteiger partial charge in [0.05, 0.1) is 26.3 Å². The molecule has 0 radical (unpaired) electrons. The molecule has 108 valence electrons. The van der Waals surface area contributed by atoms with E-state index in [0.29, 0.717) is 18.9 Å². The van der Waals surface area contributed by atoms with Crippen LogP contribution in [-0.2, 0) is 0 Å². The quantitative estimate of drug-likeness (QED) is 0.756. The van der Waals surface area contributed by atoms with Gasteiger partial charge in [0.15, 0.2) is 0 Å². The van der Waals surface area contributed by atoms with Crippen LogP contribution in [0.2, 0.25) is 8.67 Å². The summed E-state index contributed by atoms with van der Waals surface area (Å²) in [5, 5.41) is 3.15. The largest absolute Gasteiger partial charge is 0.496 e. The van der Waals surface area contributed by atoms with Crippen molar-refractivity contribution in [2.75, 3.05) is 14.2 Å². The molecule has 2 rings (SSSR count). The number of rotatable bonds is 4. The summed E-state index contributed by atoms with van der Waals surface area (Å²) in [4.78, 5) is 0. The molecule has 0 fully saturated rings. The van der Waals surface area contributed by atoms with Crippen molar-refractivity contribution in [2.24, 2.45) is 0 Å². The Morgan fingerprint density at radius 2 is 2.00 bits per heavy atom. The van der Waals surface area contributed by atoms with Gasteiger partial charge in [-0.25, -0.2) is 4.39 Å². The zero-order valence-electron chi connectivity index (χ0n) is 10.6. The smallest absolute Gasteiger partial charge is 0.141 e. The van der Waals surface area contributed by atoms with Gasteiger partial charge in [-0.3, -0.25) is 0 Å². The van der Waals surface area contributed by atoms with Crippen molar-refractivity contribution in [3.05, 3.63) is 48.3 Å². The molecular formula is C13H11BrCl2FNOS. The molecular weight excluding hydrogens is 388 g/mol. The van der Waals surface area contributed by atoms with E-state index in [4.69, 9.17) is 27.9 Å². The highest BCUT2D eigenvalue weighted by Gasteiger charge is 2.22. The van der Waals surface area contributed by atoms with Crippen molar-refractivity contribution < 1.29 is 9.13 Å². The Bertz CT molecular complexity index is 635. The Hall–Kier alpha value is -0.330. The lowest BCUT2D eigenvalue weighted by atomic mass is 10.0. The van der Waals surface area contributed by atoms with Crippen molar-refractivity contribution >= 4 is 50.5 Å². The van der Waals surface area contributed by atoms with Crippen LogP contribution in [0.4, 0.5) is 4.39 Å². The van der Waals surface area contributed by atoms with Gasteiger partial charge in [0.2, 0.25) is 0 Å². The zero-order valence-corrected chi connectivity index (χ0v) is 14.6. The topological polar surface area (TPSA) is 21.3 Å². The Balaban J connectivity index is 2.57. The van der Waals surface area contributed by atoms with E-state index >= 15 is 0 Å². The molecule has 1 N–H and O–H groups in total. The normalized spacial score (nSPS) is 12.5. The molecule has 0 saturated heterocycles. The third kappa shape index (κ3) is 3.12. The van der Waals surface area contributed by atoms with E-state index in [-0.39, 0.29) is 11.9 Å². The number of ether oxygens (including phenoxy) is 1. The van der Waals surface area contributed by atoms with Crippen molar-refractivity contribution in [3.8, 4) is 5.75 Å². The summed E-state index contributed by atoms with van der Waals surface area (Å²) < 4.78 is 20.4. The molecule has 0 aliphatic carbocycles. The summed E-state index contributed by atoms with van der Waals surface area (Å²) in [6, 6.07) is 4.58. The maximum atomic E-state index is 13.6. The van der Waals surface area contributed by atoms with Gasteiger partial charge in [-0.05, 0) is 35.1 Å². The number of nitrogens with one attached hydrogen (secondary N) is 1. The third-order valence-electron chi connectivity index (χ3n) is 2.87. The van der Waals surface area contributed by atoms with E-state index in [1.165, 1.54) is 24.5 Å². The average Bonchev–Trinajstić information content (AvgIpc) is 2.73. The van der Waals surface area contributed by atoms with E-state index in [1.54, 1.807) is 19.2 Å². The summed E-state index contributed by atoms with van der Waals surface area (Å²) in [6.07, 6.45) is 0. The molecule has 0 aliphatic rings. The first-order valence-electron chi connectivity index (χ1n) is 5.62. The highest BCUT2D eigenvalue weighted by atomic mass is 79.9. The fourth-order valence-electron chi connectivity index (χ4n) is 1.97. The van der Waals surface area contributed by atoms with Crippen LogP contribution in [0.25, 0.3) is 0 Å². The SMILES string of the molecule is CNC(c1cc(Br)c(F)cc1OC)c1cc(Cl)sc1Cl. The minimum atomic E-state index is -0.380. The van der Waals surface area contributed by atoms with Crippen molar-refractivity contribution in [1.82, 2.24) is 5.32 Å². The van der Waals surface area contributed by atoms with Gasteiger partial charge in [-0.15, -0.1) is 11.3 Å². The van der Waals surface area contributed by atoms with Gasteiger partial charge in [0, 0.05) is 17.2 Å². The Kier molecular flexibility index (Phi) is 5.31. The highest BCUT2D eigenvalue weighted by Crippen LogP contribution is 2.40. The van der Waals surface area contributed by atoms with Gasteiger partial charge in [-0.2, -0.15) is 0 Å². The average molecular weight is 399 g/mol. The van der Waals surface area contributed by atoms with Gasteiger partial charge < -0.3 is 10.1 Å². The predicted molar refractivity (Wildman–Crippen MR) is 85.9 cm³/mol. The Morgan fingerprint density at radius 1 is 1.30 bits per heavy atom. The summed E-state index contributed by atoms with van der Waals surface area (Å²) in [6.45, 7) is 0. The molecule has 1 atom stereocenters. The molecule has 0 saturated carbocycles. The lowest BCUT2D eigenvalue weighted by Gasteiger charge is -2.19. The van der Waals surface area contributed by atoms with Crippen LogP contribution in [0.1, 0.15) is 17.2 Å². The van der Waals surface area contributed by atoms with Gasteiger partial charge in [-0.1, -0.05) is 23.2 Å². The summed E-state index contributed by atoms with van der Waals surface area (Å²) >= 11 is 16.7. The standard InChI is InChI=1S/C13H11BrCl2FNOS/c1-18-12(7-4-11(15)20-13(7)16)6-3-8(14)9(17)5-10(6)19-2/h3-5,12,18H,1-2H3. The molecule has 20 heavy (non-hydrogen) atoms. The fraction of sp³-hybridized carbons (Fsp3) is 0.231. The second-order valence-corrected chi connectivity index (χ2v) is 7.15. The maximum Gasteiger partial charge on any atom is 0.141 e. The first-order chi connectivity index (χ1) is 9.47. The van der Waals surface area contributed by atoms with Gasteiger partial charge >= 0.3 is 0 Å². The number of hydrogen-bond acceptors (Lipinski definition) is 3. The Morgan fingerprint density at radius 3 is 2.50 bits per heavy atom. The monoisotopic (exact) mass is 397 g/mol. The van der Waals surface area contributed by atoms with E-state index in [1.807, 2.05) is 0 Å². The minimum absolute atomic E-state index is 0.238. The molecule has 1 aromatic carbocycles. The lowest BCUT2D eigenvalue weighted by molar-refractivity contribution is 0.401. The van der Waals surface area contributed by atoms with Gasteiger partial charge in [0.1, 0.15) is 11.6 Å². The molecule has 2 aromatic rings. The summed E-state index contributed by atoms with van der Waals surface area (Å²) in [5.74, 6) is 0.0679. The first kappa shape index (κ1) is 16.0. The van der Waals surface area contributed by atoms with Crippen LogP contribution in [-0.4, -0.2) is 14.2 Å². The van der Waals surface area contributed by atoms with Crippen LogP contribution in [0, 0.1) is 5.82 Å². The fourth-order valence-corrected chi connectivity index (χ4v) is 3.87. The molecule has 0 bridgehead atoms. The molecule has 2 nitrogen and oxygen atoms in total. The highest BCUT2D eigenvalue weighted by molar-refractivity contribution is 9.10. The minimum Gasteiger partial charge on any atom is -0.496 e. The molecule has 1 aromatic heterocycles.